The minimum Gasteiger partial charge on any atom is -0.375 e. The molecular weight excluding hydrogens is 300 g/mol. The van der Waals surface area contributed by atoms with Gasteiger partial charge in [0.05, 0.1) is 18.6 Å². The normalized spacial score (nSPS) is 10.9. The summed E-state index contributed by atoms with van der Waals surface area (Å²) in [5, 5.41) is 0. The standard InChI is InChI=1S/C17H28N2O2.ClH/c1-4-17(5-2,14-18)16(20)19(3)11-12-21-13-15-9-7-6-8-10-15;/h6-10H,4-5,11-14,18H2,1-3H3;1H. The zero-order valence-electron chi connectivity index (χ0n) is 13.9. The summed E-state index contributed by atoms with van der Waals surface area (Å²) in [5.41, 5.74) is 6.54. The molecule has 1 rings (SSSR count). The molecule has 0 unspecified atom stereocenters. The molecule has 0 saturated carbocycles. The Labute approximate surface area is 140 Å². The minimum absolute atomic E-state index is 0. The van der Waals surface area contributed by atoms with Crippen molar-refractivity contribution in [3.63, 3.8) is 0 Å². The number of carbonyl (C=O) groups is 1. The first kappa shape index (κ1) is 20.9. The van der Waals surface area contributed by atoms with Gasteiger partial charge in [-0.2, -0.15) is 0 Å². The van der Waals surface area contributed by atoms with E-state index in [4.69, 9.17) is 10.5 Å². The lowest BCUT2D eigenvalue weighted by atomic mass is 9.81. The molecule has 0 aliphatic heterocycles. The maximum Gasteiger partial charge on any atom is 0.229 e. The number of amides is 1. The van der Waals surface area contributed by atoms with Crippen molar-refractivity contribution in [2.75, 3.05) is 26.7 Å². The third-order valence-electron chi connectivity index (χ3n) is 4.23. The molecule has 0 atom stereocenters. The Balaban J connectivity index is 0.00000441. The summed E-state index contributed by atoms with van der Waals surface area (Å²) in [5.74, 6) is 0.123. The lowest BCUT2D eigenvalue weighted by molar-refractivity contribution is -0.141. The maximum absolute atomic E-state index is 12.5. The van der Waals surface area contributed by atoms with Crippen LogP contribution in [0.2, 0.25) is 0 Å². The number of hydrogen-bond donors (Lipinski definition) is 1. The van der Waals surface area contributed by atoms with Crippen LogP contribution in [0.15, 0.2) is 30.3 Å². The second kappa shape index (κ2) is 10.6. The van der Waals surface area contributed by atoms with Crippen molar-refractivity contribution < 1.29 is 9.53 Å². The van der Waals surface area contributed by atoms with Crippen LogP contribution in [0.25, 0.3) is 0 Å². The topological polar surface area (TPSA) is 55.6 Å². The first-order valence-electron chi connectivity index (χ1n) is 7.67. The Morgan fingerprint density at radius 1 is 1.23 bits per heavy atom. The Morgan fingerprint density at radius 3 is 2.32 bits per heavy atom. The van der Waals surface area contributed by atoms with Gasteiger partial charge in [-0.25, -0.2) is 0 Å². The number of nitrogens with two attached hydrogens (primary N) is 1. The molecule has 2 N–H and O–H groups in total. The third-order valence-corrected chi connectivity index (χ3v) is 4.23. The number of nitrogens with zero attached hydrogens (tertiary/aromatic N) is 1. The van der Waals surface area contributed by atoms with Gasteiger partial charge in [0.2, 0.25) is 5.91 Å². The van der Waals surface area contributed by atoms with Crippen molar-refractivity contribution in [3.8, 4) is 0 Å². The number of carbonyl (C=O) groups excluding carboxylic acids is 1. The molecule has 1 aromatic carbocycles. The molecule has 0 radical (unpaired) electrons. The summed E-state index contributed by atoms with van der Waals surface area (Å²) in [6.07, 6.45) is 1.54. The van der Waals surface area contributed by atoms with E-state index in [9.17, 15) is 4.79 Å². The smallest absolute Gasteiger partial charge is 0.229 e. The molecule has 126 valence electrons. The summed E-state index contributed by atoms with van der Waals surface area (Å²) >= 11 is 0. The number of ether oxygens (including phenoxy) is 1. The van der Waals surface area contributed by atoms with Crippen molar-refractivity contribution >= 4 is 18.3 Å². The molecule has 0 aliphatic carbocycles. The molecule has 0 bridgehead atoms. The molecule has 0 saturated heterocycles. The van der Waals surface area contributed by atoms with Gasteiger partial charge in [-0.1, -0.05) is 44.2 Å². The summed E-state index contributed by atoms with van der Waals surface area (Å²) in [4.78, 5) is 14.3. The van der Waals surface area contributed by atoms with Crippen LogP contribution >= 0.6 is 12.4 Å². The highest BCUT2D eigenvalue weighted by Gasteiger charge is 2.35. The highest BCUT2D eigenvalue weighted by molar-refractivity contribution is 5.85. The Bertz CT molecular complexity index is 414. The van der Waals surface area contributed by atoms with E-state index < -0.39 is 5.41 Å². The van der Waals surface area contributed by atoms with E-state index in [0.717, 1.165) is 18.4 Å². The predicted octanol–water partition coefficient (Wildman–Crippen LogP) is 2.85. The monoisotopic (exact) mass is 328 g/mol. The predicted molar refractivity (Wildman–Crippen MR) is 93.1 cm³/mol. The molecule has 0 heterocycles. The van der Waals surface area contributed by atoms with Gasteiger partial charge >= 0.3 is 0 Å². The molecule has 0 aliphatic rings. The quantitative estimate of drug-likeness (QED) is 0.709. The van der Waals surface area contributed by atoms with Gasteiger partial charge in [0.15, 0.2) is 0 Å². The van der Waals surface area contributed by atoms with Crippen molar-refractivity contribution in [1.29, 1.82) is 0 Å². The number of rotatable bonds is 9. The molecule has 5 heteroatoms. The highest BCUT2D eigenvalue weighted by Crippen LogP contribution is 2.27. The second-order valence-electron chi connectivity index (χ2n) is 5.46. The molecule has 22 heavy (non-hydrogen) atoms. The van der Waals surface area contributed by atoms with Gasteiger partial charge in [0.1, 0.15) is 0 Å². The van der Waals surface area contributed by atoms with E-state index in [2.05, 4.69) is 0 Å². The van der Waals surface area contributed by atoms with E-state index in [1.54, 1.807) is 4.90 Å². The van der Waals surface area contributed by atoms with E-state index in [0.29, 0.717) is 26.3 Å². The minimum atomic E-state index is -0.422. The van der Waals surface area contributed by atoms with E-state index >= 15 is 0 Å². The van der Waals surface area contributed by atoms with Gasteiger partial charge < -0.3 is 15.4 Å². The Hall–Kier alpha value is -1.10. The van der Waals surface area contributed by atoms with Gasteiger partial charge in [-0.05, 0) is 18.4 Å². The van der Waals surface area contributed by atoms with Gasteiger partial charge in [0, 0.05) is 20.1 Å². The first-order chi connectivity index (χ1) is 10.1. The number of hydrogen-bond acceptors (Lipinski definition) is 3. The summed E-state index contributed by atoms with van der Waals surface area (Å²) in [6, 6.07) is 10.0. The van der Waals surface area contributed by atoms with Crippen molar-refractivity contribution in [1.82, 2.24) is 4.90 Å². The molecule has 0 aromatic heterocycles. The molecule has 1 amide bonds. The van der Waals surface area contributed by atoms with Crippen molar-refractivity contribution in [3.05, 3.63) is 35.9 Å². The summed E-state index contributed by atoms with van der Waals surface area (Å²) in [7, 11) is 1.82. The Morgan fingerprint density at radius 2 is 1.82 bits per heavy atom. The Kier molecular flexibility index (Phi) is 10.1. The van der Waals surface area contributed by atoms with E-state index in [1.807, 2.05) is 51.2 Å². The summed E-state index contributed by atoms with van der Waals surface area (Å²) < 4.78 is 5.63. The molecule has 0 spiro atoms. The average molecular weight is 329 g/mol. The fraction of sp³-hybridized carbons (Fsp3) is 0.588. The van der Waals surface area contributed by atoms with Crippen LogP contribution < -0.4 is 5.73 Å². The molecule has 4 nitrogen and oxygen atoms in total. The van der Waals surface area contributed by atoms with Crippen LogP contribution in [0.5, 0.6) is 0 Å². The lowest BCUT2D eigenvalue weighted by Crippen LogP contribution is -2.46. The fourth-order valence-electron chi connectivity index (χ4n) is 2.40. The van der Waals surface area contributed by atoms with Crippen LogP contribution in [0.4, 0.5) is 0 Å². The number of benzene rings is 1. The van der Waals surface area contributed by atoms with Crippen LogP contribution in [-0.4, -0.2) is 37.6 Å². The van der Waals surface area contributed by atoms with E-state index in [1.165, 1.54) is 0 Å². The first-order valence-corrected chi connectivity index (χ1v) is 7.67. The summed E-state index contributed by atoms with van der Waals surface area (Å²) in [6.45, 7) is 6.14. The largest absolute Gasteiger partial charge is 0.375 e. The average Bonchev–Trinajstić information content (AvgIpc) is 2.54. The highest BCUT2D eigenvalue weighted by atomic mass is 35.5. The van der Waals surface area contributed by atoms with Gasteiger partial charge in [0.25, 0.3) is 0 Å². The third kappa shape index (κ3) is 5.59. The van der Waals surface area contributed by atoms with Crippen LogP contribution in [0.3, 0.4) is 0 Å². The van der Waals surface area contributed by atoms with Crippen LogP contribution in [0, 0.1) is 5.41 Å². The van der Waals surface area contributed by atoms with E-state index in [-0.39, 0.29) is 18.3 Å². The zero-order valence-corrected chi connectivity index (χ0v) is 14.7. The van der Waals surface area contributed by atoms with Crippen molar-refractivity contribution in [2.45, 2.75) is 33.3 Å². The number of likely N-dealkylation sites (N-methyl/N-ethyl adjacent to an activating group) is 1. The molecule has 1 aromatic rings. The lowest BCUT2D eigenvalue weighted by Gasteiger charge is -2.33. The van der Waals surface area contributed by atoms with Gasteiger partial charge in [-0.15, -0.1) is 12.4 Å². The van der Waals surface area contributed by atoms with Gasteiger partial charge in [-0.3, -0.25) is 4.79 Å². The SMILES string of the molecule is CCC(CC)(CN)C(=O)N(C)CCOCc1ccccc1.Cl. The van der Waals surface area contributed by atoms with Crippen LogP contribution in [0.1, 0.15) is 32.3 Å². The van der Waals surface area contributed by atoms with Crippen molar-refractivity contribution in [2.24, 2.45) is 11.1 Å². The second-order valence-corrected chi connectivity index (χ2v) is 5.46. The zero-order chi connectivity index (χ0) is 15.7. The van der Waals surface area contributed by atoms with Crippen LogP contribution in [-0.2, 0) is 16.1 Å². The number of halogens is 1. The maximum atomic E-state index is 12.5. The molecular formula is C17H29ClN2O2. The molecule has 0 fully saturated rings. The fourth-order valence-corrected chi connectivity index (χ4v) is 2.40.